The molecule has 0 saturated heterocycles. The van der Waals surface area contributed by atoms with Crippen LogP contribution in [0.15, 0.2) is 18.2 Å². The zero-order valence-electron chi connectivity index (χ0n) is 8.72. The van der Waals surface area contributed by atoms with Gasteiger partial charge in [0.1, 0.15) is 11.6 Å². The van der Waals surface area contributed by atoms with Crippen LogP contribution >= 0.6 is 11.8 Å². The van der Waals surface area contributed by atoms with E-state index >= 15 is 0 Å². The van der Waals surface area contributed by atoms with Crippen molar-refractivity contribution in [3.05, 3.63) is 29.8 Å². The van der Waals surface area contributed by atoms with Gasteiger partial charge in [0.15, 0.2) is 0 Å². The predicted molar refractivity (Wildman–Crippen MR) is 62.5 cm³/mol. The van der Waals surface area contributed by atoms with E-state index in [0.717, 1.165) is 31.2 Å². The van der Waals surface area contributed by atoms with E-state index in [1.54, 1.807) is 11.8 Å². The molecular formula is C11H15F2NS. The molecule has 84 valence electrons. The van der Waals surface area contributed by atoms with Gasteiger partial charge in [0, 0.05) is 12.6 Å². The average molecular weight is 231 g/mol. The fourth-order valence-electron chi connectivity index (χ4n) is 1.23. The van der Waals surface area contributed by atoms with Gasteiger partial charge in [-0.05, 0) is 37.0 Å². The summed E-state index contributed by atoms with van der Waals surface area (Å²) in [5.41, 5.74) is 0.376. The molecule has 0 heterocycles. The van der Waals surface area contributed by atoms with E-state index in [1.165, 1.54) is 12.1 Å². The van der Waals surface area contributed by atoms with Crippen molar-refractivity contribution in [2.24, 2.45) is 0 Å². The predicted octanol–water partition coefficient (Wildman–Crippen LogP) is 3.52. The van der Waals surface area contributed by atoms with Gasteiger partial charge in [-0.2, -0.15) is 11.8 Å². The SMILES string of the molecule is CSCCCCNc1ccc(F)cc1F. The third-order valence-electron chi connectivity index (χ3n) is 2.02. The van der Waals surface area contributed by atoms with E-state index in [1.807, 2.05) is 0 Å². The monoisotopic (exact) mass is 231 g/mol. The Kier molecular flexibility index (Phi) is 5.47. The number of thioether (sulfide) groups is 1. The maximum absolute atomic E-state index is 13.1. The van der Waals surface area contributed by atoms with Gasteiger partial charge in [0.2, 0.25) is 0 Å². The molecule has 0 amide bonds. The van der Waals surface area contributed by atoms with Crippen LogP contribution in [0.25, 0.3) is 0 Å². The molecule has 15 heavy (non-hydrogen) atoms. The summed E-state index contributed by atoms with van der Waals surface area (Å²) in [7, 11) is 0. The molecule has 0 atom stereocenters. The summed E-state index contributed by atoms with van der Waals surface area (Å²) in [6.07, 6.45) is 4.17. The number of unbranched alkanes of at least 4 members (excludes halogenated alkanes) is 1. The van der Waals surface area contributed by atoms with Crippen LogP contribution in [0.5, 0.6) is 0 Å². The Bertz CT molecular complexity index is 305. The van der Waals surface area contributed by atoms with Crippen molar-refractivity contribution in [2.75, 3.05) is 23.9 Å². The molecule has 4 heteroatoms. The van der Waals surface area contributed by atoms with Gasteiger partial charge in [-0.3, -0.25) is 0 Å². The summed E-state index contributed by atoms with van der Waals surface area (Å²) in [6, 6.07) is 3.58. The smallest absolute Gasteiger partial charge is 0.149 e. The number of hydrogen-bond donors (Lipinski definition) is 1. The van der Waals surface area contributed by atoms with Crippen molar-refractivity contribution in [1.29, 1.82) is 0 Å². The molecule has 0 unspecified atom stereocenters. The fourth-order valence-corrected chi connectivity index (χ4v) is 1.72. The van der Waals surface area contributed by atoms with Crippen LogP contribution < -0.4 is 5.32 Å². The first-order valence-corrected chi connectivity index (χ1v) is 6.31. The van der Waals surface area contributed by atoms with Crippen molar-refractivity contribution in [3.63, 3.8) is 0 Å². The van der Waals surface area contributed by atoms with Gasteiger partial charge < -0.3 is 5.32 Å². The molecule has 0 aliphatic rings. The molecular weight excluding hydrogens is 216 g/mol. The van der Waals surface area contributed by atoms with E-state index in [-0.39, 0.29) is 0 Å². The summed E-state index contributed by atoms with van der Waals surface area (Å²) in [5.74, 6) is 0.0495. The lowest BCUT2D eigenvalue weighted by molar-refractivity contribution is 0.585. The number of hydrogen-bond acceptors (Lipinski definition) is 2. The maximum Gasteiger partial charge on any atom is 0.149 e. The Balaban J connectivity index is 2.31. The zero-order chi connectivity index (χ0) is 11.1. The lowest BCUT2D eigenvalue weighted by atomic mass is 10.2. The zero-order valence-corrected chi connectivity index (χ0v) is 9.54. The highest BCUT2D eigenvalue weighted by atomic mass is 32.2. The Morgan fingerprint density at radius 3 is 2.73 bits per heavy atom. The molecule has 1 N–H and O–H groups in total. The molecule has 0 aromatic heterocycles. The second kappa shape index (κ2) is 6.67. The summed E-state index contributed by atoms with van der Waals surface area (Å²) < 4.78 is 25.7. The van der Waals surface area contributed by atoms with Gasteiger partial charge in [0.25, 0.3) is 0 Å². The molecule has 0 saturated carbocycles. The largest absolute Gasteiger partial charge is 0.383 e. The summed E-state index contributed by atoms with van der Waals surface area (Å²) in [6.45, 7) is 0.725. The number of nitrogens with one attached hydrogen (secondary N) is 1. The normalized spacial score (nSPS) is 10.3. The Hall–Kier alpha value is -0.770. The molecule has 0 bridgehead atoms. The van der Waals surface area contributed by atoms with Gasteiger partial charge in [-0.15, -0.1) is 0 Å². The summed E-state index contributed by atoms with van der Waals surface area (Å²) >= 11 is 1.80. The molecule has 0 spiro atoms. The van der Waals surface area contributed by atoms with Gasteiger partial charge in [-0.25, -0.2) is 8.78 Å². The van der Waals surface area contributed by atoms with E-state index in [2.05, 4.69) is 11.6 Å². The van der Waals surface area contributed by atoms with Crippen molar-refractivity contribution < 1.29 is 8.78 Å². The van der Waals surface area contributed by atoms with Crippen LogP contribution in [-0.4, -0.2) is 18.6 Å². The highest BCUT2D eigenvalue weighted by molar-refractivity contribution is 7.98. The van der Waals surface area contributed by atoms with Crippen LogP contribution in [-0.2, 0) is 0 Å². The maximum atomic E-state index is 13.1. The molecule has 0 aliphatic carbocycles. The highest BCUT2D eigenvalue weighted by Crippen LogP contribution is 2.14. The van der Waals surface area contributed by atoms with Crippen LogP contribution in [0.1, 0.15) is 12.8 Å². The van der Waals surface area contributed by atoms with Crippen molar-refractivity contribution >= 4 is 17.4 Å². The van der Waals surface area contributed by atoms with E-state index < -0.39 is 11.6 Å². The van der Waals surface area contributed by atoms with E-state index in [9.17, 15) is 8.78 Å². The number of benzene rings is 1. The first-order valence-electron chi connectivity index (χ1n) is 4.92. The van der Waals surface area contributed by atoms with Crippen LogP contribution in [0.2, 0.25) is 0 Å². The molecule has 0 aliphatic heterocycles. The minimum Gasteiger partial charge on any atom is -0.383 e. The summed E-state index contributed by atoms with van der Waals surface area (Å²) in [5, 5.41) is 2.95. The Labute approximate surface area is 93.3 Å². The quantitative estimate of drug-likeness (QED) is 0.752. The minimum atomic E-state index is -0.541. The lowest BCUT2D eigenvalue weighted by Gasteiger charge is -2.06. The lowest BCUT2D eigenvalue weighted by Crippen LogP contribution is -2.03. The van der Waals surface area contributed by atoms with E-state index in [4.69, 9.17) is 0 Å². The van der Waals surface area contributed by atoms with E-state index in [0.29, 0.717) is 5.69 Å². The van der Waals surface area contributed by atoms with Crippen LogP contribution in [0, 0.1) is 11.6 Å². The van der Waals surface area contributed by atoms with Crippen molar-refractivity contribution in [2.45, 2.75) is 12.8 Å². The third kappa shape index (κ3) is 4.51. The van der Waals surface area contributed by atoms with Crippen LogP contribution in [0.3, 0.4) is 0 Å². The fraction of sp³-hybridized carbons (Fsp3) is 0.455. The third-order valence-corrected chi connectivity index (χ3v) is 2.72. The molecule has 1 aromatic rings. The molecule has 1 rings (SSSR count). The average Bonchev–Trinajstić information content (AvgIpc) is 2.20. The van der Waals surface area contributed by atoms with Gasteiger partial charge >= 0.3 is 0 Å². The first kappa shape index (κ1) is 12.3. The van der Waals surface area contributed by atoms with Crippen LogP contribution in [0.4, 0.5) is 14.5 Å². The Morgan fingerprint density at radius 1 is 1.27 bits per heavy atom. The number of halogens is 2. The van der Waals surface area contributed by atoms with Crippen molar-refractivity contribution in [3.8, 4) is 0 Å². The molecule has 0 radical (unpaired) electrons. The molecule has 1 nitrogen and oxygen atoms in total. The second-order valence-electron chi connectivity index (χ2n) is 3.25. The van der Waals surface area contributed by atoms with Gasteiger partial charge in [-0.1, -0.05) is 0 Å². The van der Waals surface area contributed by atoms with Gasteiger partial charge in [0.05, 0.1) is 5.69 Å². The number of rotatable bonds is 6. The molecule has 1 aromatic carbocycles. The topological polar surface area (TPSA) is 12.0 Å². The highest BCUT2D eigenvalue weighted by Gasteiger charge is 2.01. The minimum absolute atomic E-state index is 0.376. The Morgan fingerprint density at radius 2 is 2.07 bits per heavy atom. The first-order chi connectivity index (χ1) is 7.24. The number of anilines is 1. The van der Waals surface area contributed by atoms with Crippen molar-refractivity contribution in [1.82, 2.24) is 0 Å². The molecule has 0 fully saturated rings. The summed E-state index contributed by atoms with van der Waals surface area (Å²) in [4.78, 5) is 0. The second-order valence-corrected chi connectivity index (χ2v) is 4.24. The standard InChI is InChI=1S/C11H15F2NS/c1-15-7-3-2-6-14-11-5-4-9(12)8-10(11)13/h4-5,8,14H,2-3,6-7H2,1H3.